The van der Waals surface area contributed by atoms with E-state index in [1.54, 1.807) is 7.11 Å². The maximum Gasteiger partial charge on any atom is 0.162 e. The van der Waals surface area contributed by atoms with Gasteiger partial charge in [-0.15, -0.1) is 0 Å². The van der Waals surface area contributed by atoms with Crippen molar-refractivity contribution < 1.29 is 14.6 Å². The molecule has 3 rings (SSSR count). The lowest BCUT2D eigenvalue weighted by Crippen LogP contribution is -2.46. The third kappa shape index (κ3) is 3.67. The van der Waals surface area contributed by atoms with Gasteiger partial charge in [0, 0.05) is 31.0 Å². The molecule has 0 aliphatic carbocycles. The molecule has 6 nitrogen and oxygen atoms in total. The predicted octanol–water partition coefficient (Wildman–Crippen LogP) is 1.35. The monoisotopic (exact) mass is 315 g/mol. The minimum Gasteiger partial charge on any atom is -0.496 e. The van der Waals surface area contributed by atoms with Gasteiger partial charge in [-0.05, 0) is 12.1 Å². The zero-order valence-electron chi connectivity index (χ0n) is 13.2. The molecule has 1 fully saturated rings. The molecule has 2 heterocycles. The highest BCUT2D eigenvalue weighted by Crippen LogP contribution is 2.26. The molecule has 0 saturated carbocycles. The third-order valence-corrected chi connectivity index (χ3v) is 4.00. The van der Waals surface area contributed by atoms with E-state index in [4.69, 9.17) is 9.47 Å². The summed E-state index contributed by atoms with van der Waals surface area (Å²) in [6.45, 7) is 2.87. The molecule has 0 amide bonds. The number of benzene rings is 1. The van der Waals surface area contributed by atoms with E-state index in [2.05, 4.69) is 14.9 Å². The van der Waals surface area contributed by atoms with Crippen molar-refractivity contribution in [2.24, 2.45) is 0 Å². The highest BCUT2D eigenvalue weighted by atomic mass is 16.5. The van der Waals surface area contributed by atoms with Crippen molar-refractivity contribution in [2.75, 3.05) is 33.5 Å². The summed E-state index contributed by atoms with van der Waals surface area (Å²) in [7, 11) is 1.64. The van der Waals surface area contributed by atoms with Gasteiger partial charge >= 0.3 is 0 Å². The molecule has 0 unspecified atom stereocenters. The van der Waals surface area contributed by atoms with Crippen LogP contribution in [0.15, 0.2) is 36.7 Å². The summed E-state index contributed by atoms with van der Waals surface area (Å²) in [5.74, 6) is 1.40. The summed E-state index contributed by atoms with van der Waals surface area (Å²) in [5, 5.41) is 9.42. The quantitative estimate of drug-likeness (QED) is 0.898. The molecule has 1 aromatic heterocycles. The van der Waals surface area contributed by atoms with E-state index in [0.29, 0.717) is 25.6 Å². The molecular weight excluding hydrogens is 294 g/mol. The molecule has 1 saturated heterocycles. The minimum absolute atomic E-state index is 0.0395. The summed E-state index contributed by atoms with van der Waals surface area (Å²) in [4.78, 5) is 11.1. The van der Waals surface area contributed by atoms with Crippen molar-refractivity contribution in [3.05, 3.63) is 42.2 Å². The van der Waals surface area contributed by atoms with Gasteiger partial charge in [-0.2, -0.15) is 0 Å². The van der Waals surface area contributed by atoms with Crippen LogP contribution in [0.4, 0.5) is 0 Å². The standard InChI is InChI=1S/C17H21N3O3/c1-22-16-5-3-2-4-15(16)17-18-8-13(9-19-17)10-20-6-7-23-12-14(20)11-21/h2-5,8-9,14,21H,6-7,10-12H2,1H3/t14-/m0/s1. The number of hydrogen-bond acceptors (Lipinski definition) is 6. The van der Waals surface area contributed by atoms with Crippen LogP contribution < -0.4 is 4.74 Å². The first-order chi connectivity index (χ1) is 11.3. The van der Waals surface area contributed by atoms with Gasteiger partial charge in [-0.3, -0.25) is 4.90 Å². The number of aliphatic hydroxyl groups is 1. The lowest BCUT2D eigenvalue weighted by atomic mass is 10.1. The van der Waals surface area contributed by atoms with Crippen LogP contribution >= 0.6 is 0 Å². The molecule has 1 aliphatic rings. The van der Waals surface area contributed by atoms with Gasteiger partial charge < -0.3 is 14.6 Å². The molecular formula is C17H21N3O3. The highest BCUT2D eigenvalue weighted by molar-refractivity contribution is 5.63. The highest BCUT2D eigenvalue weighted by Gasteiger charge is 2.22. The Bertz CT molecular complexity index is 633. The Kier molecular flexibility index (Phi) is 5.17. The molecule has 0 spiro atoms. The molecule has 23 heavy (non-hydrogen) atoms. The number of morpholine rings is 1. The first kappa shape index (κ1) is 15.9. The van der Waals surface area contributed by atoms with Gasteiger partial charge in [-0.25, -0.2) is 9.97 Å². The number of aliphatic hydroxyl groups excluding tert-OH is 1. The van der Waals surface area contributed by atoms with Gasteiger partial charge in [0.2, 0.25) is 0 Å². The van der Waals surface area contributed by atoms with Crippen LogP contribution in [-0.4, -0.2) is 59.5 Å². The lowest BCUT2D eigenvalue weighted by Gasteiger charge is -2.34. The van der Waals surface area contributed by atoms with E-state index in [1.165, 1.54) is 0 Å². The molecule has 0 bridgehead atoms. The maximum absolute atomic E-state index is 9.42. The molecule has 6 heteroatoms. The van der Waals surface area contributed by atoms with Crippen LogP contribution in [0.1, 0.15) is 5.56 Å². The summed E-state index contributed by atoms with van der Waals surface area (Å²) in [6.07, 6.45) is 3.66. The minimum atomic E-state index is 0.0395. The molecule has 1 N–H and O–H groups in total. The van der Waals surface area contributed by atoms with Crippen LogP contribution in [0.2, 0.25) is 0 Å². The second kappa shape index (κ2) is 7.50. The number of para-hydroxylation sites is 1. The SMILES string of the molecule is COc1ccccc1-c1ncc(CN2CCOC[C@@H]2CO)cn1. The van der Waals surface area contributed by atoms with E-state index in [0.717, 1.165) is 23.4 Å². The molecule has 122 valence electrons. The third-order valence-electron chi connectivity index (χ3n) is 4.00. The van der Waals surface area contributed by atoms with Crippen LogP contribution in [0.5, 0.6) is 5.75 Å². The van der Waals surface area contributed by atoms with Crippen molar-refractivity contribution in [3.63, 3.8) is 0 Å². The fourth-order valence-corrected chi connectivity index (χ4v) is 2.70. The predicted molar refractivity (Wildman–Crippen MR) is 86.1 cm³/mol. The molecule has 1 aromatic carbocycles. The Hall–Kier alpha value is -2.02. The topological polar surface area (TPSA) is 67.7 Å². The number of ether oxygens (including phenoxy) is 2. The van der Waals surface area contributed by atoms with Gasteiger partial charge in [-0.1, -0.05) is 12.1 Å². The summed E-state index contributed by atoms with van der Waals surface area (Å²) in [6, 6.07) is 7.74. The molecule has 1 aliphatic heterocycles. The summed E-state index contributed by atoms with van der Waals surface area (Å²) in [5.41, 5.74) is 1.89. The normalized spacial score (nSPS) is 18.8. The van der Waals surface area contributed by atoms with Gasteiger partial charge in [0.1, 0.15) is 5.75 Å². The zero-order chi connectivity index (χ0) is 16.1. The average molecular weight is 315 g/mol. The van der Waals surface area contributed by atoms with Crippen LogP contribution in [0.3, 0.4) is 0 Å². The second-order valence-corrected chi connectivity index (χ2v) is 5.50. The van der Waals surface area contributed by atoms with Crippen molar-refractivity contribution in [1.82, 2.24) is 14.9 Å². The fraction of sp³-hybridized carbons (Fsp3) is 0.412. The van der Waals surface area contributed by atoms with Crippen molar-refractivity contribution in [3.8, 4) is 17.1 Å². The second-order valence-electron chi connectivity index (χ2n) is 5.50. The van der Waals surface area contributed by atoms with Crippen LogP contribution in [-0.2, 0) is 11.3 Å². The van der Waals surface area contributed by atoms with Crippen molar-refractivity contribution >= 4 is 0 Å². The number of rotatable bonds is 5. The lowest BCUT2D eigenvalue weighted by molar-refractivity contribution is -0.0313. The Morgan fingerprint density at radius 3 is 2.83 bits per heavy atom. The Balaban J connectivity index is 1.74. The van der Waals surface area contributed by atoms with Crippen molar-refractivity contribution in [1.29, 1.82) is 0 Å². The Morgan fingerprint density at radius 2 is 2.09 bits per heavy atom. The molecule has 2 aromatic rings. The number of nitrogens with zero attached hydrogens (tertiary/aromatic N) is 3. The van der Waals surface area contributed by atoms with E-state index < -0.39 is 0 Å². The van der Waals surface area contributed by atoms with E-state index >= 15 is 0 Å². The van der Waals surface area contributed by atoms with E-state index in [-0.39, 0.29) is 12.6 Å². The fourth-order valence-electron chi connectivity index (χ4n) is 2.70. The molecule has 1 atom stereocenters. The summed E-state index contributed by atoms with van der Waals surface area (Å²) < 4.78 is 10.7. The van der Waals surface area contributed by atoms with E-state index in [1.807, 2.05) is 36.7 Å². The largest absolute Gasteiger partial charge is 0.496 e. The van der Waals surface area contributed by atoms with Gasteiger partial charge in [0.15, 0.2) is 5.82 Å². The number of aromatic nitrogens is 2. The smallest absolute Gasteiger partial charge is 0.162 e. The number of methoxy groups -OCH3 is 1. The zero-order valence-corrected chi connectivity index (χ0v) is 13.2. The van der Waals surface area contributed by atoms with E-state index in [9.17, 15) is 5.11 Å². The van der Waals surface area contributed by atoms with Gasteiger partial charge in [0.05, 0.1) is 38.5 Å². The molecule has 0 radical (unpaired) electrons. The number of hydrogen-bond donors (Lipinski definition) is 1. The Labute approximate surface area is 135 Å². The summed E-state index contributed by atoms with van der Waals surface area (Å²) >= 11 is 0. The van der Waals surface area contributed by atoms with Gasteiger partial charge in [0.25, 0.3) is 0 Å². The van der Waals surface area contributed by atoms with Crippen LogP contribution in [0.25, 0.3) is 11.4 Å². The Morgan fingerprint density at radius 1 is 1.30 bits per heavy atom. The first-order valence-electron chi connectivity index (χ1n) is 7.68. The average Bonchev–Trinajstić information content (AvgIpc) is 2.63. The van der Waals surface area contributed by atoms with Crippen LogP contribution in [0, 0.1) is 0 Å². The first-order valence-corrected chi connectivity index (χ1v) is 7.68. The van der Waals surface area contributed by atoms with Crippen molar-refractivity contribution in [2.45, 2.75) is 12.6 Å². The maximum atomic E-state index is 9.42.